The van der Waals surface area contributed by atoms with Crippen LogP contribution >= 0.6 is 0 Å². The molecule has 0 amide bonds. The first-order chi connectivity index (χ1) is 9.17. The Hall–Kier alpha value is -1.39. The third kappa shape index (κ3) is 4.33. The van der Waals surface area contributed by atoms with Crippen molar-refractivity contribution in [1.29, 1.82) is 0 Å². The highest BCUT2D eigenvalue weighted by Crippen LogP contribution is 2.18. The number of likely N-dealkylation sites (tertiary alicyclic amines) is 1. The van der Waals surface area contributed by atoms with Crippen molar-refractivity contribution >= 4 is 5.97 Å². The number of aliphatic hydroxyl groups excluding tert-OH is 1. The third-order valence-electron chi connectivity index (χ3n) is 3.65. The predicted octanol–water partition coefficient (Wildman–Crippen LogP) is 1.52. The normalized spacial score (nSPS) is 20.4. The number of aliphatic hydroxyl groups is 1. The molecule has 0 spiro atoms. The third-order valence-corrected chi connectivity index (χ3v) is 3.65. The number of carbonyl (C=O) groups is 1. The van der Waals surface area contributed by atoms with Gasteiger partial charge in [0.1, 0.15) is 0 Å². The number of carboxylic acid groups (broad SMARTS) is 1. The fourth-order valence-corrected chi connectivity index (χ4v) is 2.64. The Balaban J connectivity index is 1.90. The van der Waals surface area contributed by atoms with E-state index in [1.165, 1.54) is 5.56 Å². The van der Waals surface area contributed by atoms with Gasteiger partial charge in [0.05, 0.1) is 6.42 Å². The van der Waals surface area contributed by atoms with Crippen LogP contribution in [-0.2, 0) is 17.8 Å². The molecular formula is C15H21NO3. The zero-order valence-corrected chi connectivity index (χ0v) is 11.1. The lowest BCUT2D eigenvalue weighted by Gasteiger charge is -2.31. The number of piperidine rings is 1. The molecule has 19 heavy (non-hydrogen) atoms. The molecule has 0 aliphatic carbocycles. The summed E-state index contributed by atoms with van der Waals surface area (Å²) in [5, 5.41) is 17.9. The second-order valence-electron chi connectivity index (χ2n) is 5.31. The minimum absolute atomic E-state index is 0.0799. The molecule has 1 unspecified atom stereocenters. The molecule has 1 heterocycles. The Bertz CT molecular complexity index is 416. The van der Waals surface area contributed by atoms with E-state index in [-0.39, 0.29) is 13.0 Å². The van der Waals surface area contributed by atoms with Crippen LogP contribution in [0.15, 0.2) is 24.3 Å². The van der Waals surface area contributed by atoms with E-state index in [1.807, 2.05) is 24.3 Å². The van der Waals surface area contributed by atoms with E-state index in [4.69, 9.17) is 5.11 Å². The minimum atomic E-state index is -0.797. The summed E-state index contributed by atoms with van der Waals surface area (Å²) in [6.07, 6.45) is 2.34. The molecule has 1 atom stereocenters. The van der Waals surface area contributed by atoms with Crippen molar-refractivity contribution in [2.24, 2.45) is 5.92 Å². The molecule has 0 aromatic heterocycles. The number of rotatable bonds is 5. The summed E-state index contributed by atoms with van der Waals surface area (Å²) in [5.74, 6) is -0.394. The zero-order valence-electron chi connectivity index (χ0n) is 11.1. The van der Waals surface area contributed by atoms with Gasteiger partial charge in [0, 0.05) is 19.7 Å². The fraction of sp³-hybridized carbons (Fsp3) is 0.533. The Morgan fingerprint density at radius 3 is 2.58 bits per heavy atom. The van der Waals surface area contributed by atoms with Gasteiger partial charge in [-0.2, -0.15) is 0 Å². The maximum absolute atomic E-state index is 10.6. The van der Waals surface area contributed by atoms with Crippen molar-refractivity contribution in [2.45, 2.75) is 25.8 Å². The molecule has 2 N–H and O–H groups in total. The Kier molecular flexibility index (Phi) is 4.93. The van der Waals surface area contributed by atoms with E-state index in [1.54, 1.807) is 0 Å². The predicted molar refractivity (Wildman–Crippen MR) is 72.9 cm³/mol. The maximum atomic E-state index is 10.6. The van der Waals surface area contributed by atoms with Gasteiger partial charge in [-0.1, -0.05) is 24.3 Å². The largest absolute Gasteiger partial charge is 0.481 e. The molecule has 1 saturated heterocycles. The summed E-state index contributed by atoms with van der Waals surface area (Å²) >= 11 is 0. The van der Waals surface area contributed by atoms with E-state index in [0.29, 0.717) is 5.92 Å². The van der Waals surface area contributed by atoms with Crippen LogP contribution in [0.25, 0.3) is 0 Å². The molecule has 0 radical (unpaired) electrons. The molecule has 1 aliphatic rings. The van der Waals surface area contributed by atoms with Gasteiger partial charge in [0.15, 0.2) is 0 Å². The molecule has 1 aromatic rings. The van der Waals surface area contributed by atoms with Gasteiger partial charge in [0.2, 0.25) is 0 Å². The smallest absolute Gasteiger partial charge is 0.307 e. The van der Waals surface area contributed by atoms with Crippen LogP contribution < -0.4 is 0 Å². The van der Waals surface area contributed by atoms with Crippen LogP contribution in [0, 0.1) is 5.92 Å². The molecule has 2 rings (SSSR count). The monoisotopic (exact) mass is 263 g/mol. The van der Waals surface area contributed by atoms with Crippen molar-refractivity contribution in [2.75, 3.05) is 19.7 Å². The lowest BCUT2D eigenvalue weighted by molar-refractivity contribution is -0.136. The van der Waals surface area contributed by atoms with Crippen LogP contribution in [0.2, 0.25) is 0 Å². The van der Waals surface area contributed by atoms with Gasteiger partial charge in [-0.25, -0.2) is 0 Å². The molecule has 1 aromatic carbocycles. The van der Waals surface area contributed by atoms with E-state index in [0.717, 1.165) is 38.0 Å². The van der Waals surface area contributed by atoms with Crippen molar-refractivity contribution in [1.82, 2.24) is 4.90 Å². The summed E-state index contributed by atoms with van der Waals surface area (Å²) in [6, 6.07) is 7.77. The molecular weight excluding hydrogens is 242 g/mol. The Labute approximate surface area is 113 Å². The fourth-order valence-electron chi connectivity index (χ4n) is 2.64. The summed E-state index contributed by atoms with van der Waals surface area (Å²) in [4.78, 5) is 13.0. The van der Waals surface area contributed by atoms with Gasteiger partial charge in [-0.15, -0.1) is 0 Å². The van der Waals surface area contributed by atoms with Crippen LogP contribution in [0.4, 0.5) is 0 Å². The average molecular weight is 263 g/mol. The first-order valence-corrected chi connectivity index (χ1v) is 6.80. The van der Waals surface area contributed by atoms with Gasteiger partial charge in [-0.3, -0.25) is 9.69 Å². The first kappa shape index (κ1) is 14.0. The van der Waals surface area contributed by atoms with Crippen LogP contribution in [-0.4, -0.2) is 40.8 Å². The SMILES string of the molecule is O=C(O)Cc1ccc(CN2CCCC(CO)C2)cc1. The highest BCUT2D eigenvalue weighted by atomic mass is 16.4. The van der Waals surface area contributed by atoms with Crippen molar-refractivity contribution < 1.29 is 15.0 Å². The van der Waals surface area contributed by atoms with Crippen molar-refractivity contribution in [3.8, 4) is 0 Å². The first-order valence-electron chi connectivity index (χ1n) is 6.80. The quantitative estimate of drug-likeness (QED) is 0.845. The summed E-state index contributed by atoms with van der Waals surface area (Å²) < 4.78 is 0. The second-order valence-corrected chi connectivity index (χ2v) is 5.31. The molecule has 104 valence electrons. The molecule has 0 saturated carbocycles. The van der Waals surface area contributed by atoms with Crippen LogP contribution in [0.1, 0.15) is 24.0 Å². The van der Waals surface area contributed by atoms with Crippen molar-refractivity contribution in [3.05, 3.63) is 35.4 Å². The van der Waals surface area contributed by atoms with Gasteiger partial charge < -0.3 is 10.2 Å². The number of aliphatic carboxylic acids is 1. The summed E-state index contributed by atoms with van der Waals surface area (Å²) in [6.45, 7) is 3.18. The van der Waals surface area contributed by atoms with Gasteiger partial charge in [-0.05, 0) is 36.4 Å². The molecule has 4 heteroatoms. The molecule has 0 bridgehead atoms. The van der Waals surface area contributed by atoms with Crippen LogP contribution in [0.3, 0.4) is 0 Å². The highest BCUT2D eigenvalue weighted by molar-refractivity contribution is 5.70. The molecule has 4 nitrogen and oxygen atoms in total. The number of carboxylic acids is 1. The summed E-state index contributed by atoms with van der Waals surface area (Å²) in [5.41, 5.74) is 2.04. The standard InChI is InChI=1S/C15H21NO3/c17-11-14-2-1-7-16(10-14)9-13-5-3-12(4-6-13)8-15(18)19/h3-6,14,17H,1-2,7-11H2,(H,18,19). The Morgan fingerprint density at radius 2 is 1.95 bits per heavy atom. The van der Waals surface area contributed by atoms with Crippen molar-refractivity contribution in [3.63, 3.8) is 0 Å². The number of hydrogen-bond acceptors (Lipinski definition) is 3. The zero-order chi connectivity index (χ0) is 13.7. The average Bonchev–Trinajstić information content (AvgIpc) is 2.41. The number of hydrogen-bond donors (Lipinski definition) is 2. The minimum Gasteiger partial charge on any atom is -0.481 e. The number of nitrogens with zero attached hydrogens (tertiary/aromatic N) is 1. The second kappa shape index (κ2) is 6.68. The topological polar surface area (TPSA) is 60.8 Å². The van der Waals surface area contributed by atoms with Gasteiger partial charge >= 0.3 is 5.97 Å². The lowest BCUT2D eigenvalue weighted by atomic mass is 9.98. The van der Waals surface area contributed by atoms with E-state index < -0.39 is 5.97 Å². The van der Waals surface area contributed by atoms with E-state index >= 15 is 0 Å². The molecule has 1 fully saturated rings. The lowest BCUT2D eigenvalue weighted by Crippen LogP contribution is -2.36. The highest BCUT2D eigenvalue weighted by Gasteiger charge is 2.18. The number of benzene rings is 1. The van der Waals surface area contributed by atoms with Crippen LogP contribution in [0.5, 0.6) is 0 Å². The molecule has 1 aliphatic heterocycles. The Morgan fingerprint density at radius 1 is 1.26 bits per heavy atom. The summed E-state index contributed by atoms with van der Waals surface area (Å²) in [7, 11) is 0. The van der Waals surface area contributed by atoms with Gasteiger partial charge in [0.25, 0.3) is 0 Å². The maximum Gasteiger partial charge on any atom is 0.307 e. The van der Waals surface area contributed by atoms with E-state index in [9.17, 15) is 9.90 Å². The van der Waals surface area contributed by atoms with E-state index in [2.05, 4.69) is 4.90 Å².